The molecule has 0 bridgehead atoms. The number of nitrogens with one attached hydrogen (secondary N) is 2. The molecule has 2 aromatic carbocycles. The van der Waals surface area contributed by atoms with E-state index in [1.165, 1.54) is 12.1 Å². The first-order valence-electron chi connectivity index (χ1n) is 10.2. The number of amides is 2. The lowest BCUT2D eigenvalue weighted by molar-refractivity contribution is 0.0879. The van der Waals surface area contributed by atoms with Gasteiger partial charge in [-0.05, 0) is 42.3 Å². The molecule has 2 aliphatic heterocycles. The van der Waals surface area contributed by atoms with Crippen LogP contribution < -0.4 is 15.1 Å². The standard InChI is InChI=1S/C22H22FN5O2.ClH/c1-2-3-15-18(7-6-16-19(15)22(30)24-21(16)29)27-8-10-28(11-9-27)20-14-5-4-13(23)12-17(14)25-26-20;/h4-7,12H,2-3,8-11H2,1H3,(H,25,26)(H,24,29,30);1H. The van der Waals surface area contributed by atoms with Crippen LogP contribution in [0.15, 0.2) is 30.3 Å². The average molecular weight is 444 g/mol. The van der Waals surface area contributed by atoms with E-state index in [1.54, 1.807) is 12.1 Å². The lowest BCUT2D eigenvalue weighted by Gasteiger charge is -2.37. The number of carbonyl (C=O) groups excluding carboxylic acids is 2. The lowest BCUT2D eigenvalue weighted by Crippen LogP contribution is -2.47. The minimum absolute atomic E-state index is 0. The summed E-state index contributed by atoms with van der Waals surface area (Å²) in [5.74, 6) is -0.0674. The number of anilines is 2. The Labute approximate surface area is 185 Å². The van der Waals surface area contributed by atoms with Gasteiger partial charge in [0.2, 0.25) is 0 Å². The molecule has 0 radical (unpaired) electrons. The summed E-state index contributed by atoms with van der Waals surface area (Å²) in [6, 6.07) is 8.38. The molecule has 0 atom stereocenters. The molecule has 5 rings (SSSR count). The second-order valence-electron chi connectivity index (χ2n) is 7.73. The van der Waals surface area contributed by atoms with Crippen LogP contribution in [0, 0.1) is 5.82 Å². The Hall–Kier alpha value is -3.13. The number of aromatic amines is 1. The van der Waals surface area contributed by atoms with Gasteiger partial charge in [-0.1, -0.05) is 13.3 Å². The van der Waals surface area contributed by atoms with E-state index in [-0.39, 0.29) is 30.0 Å². The summed E-state index contributed by atoms with van der Waals surface area (Å²) in [5, 5.41) is 10.6. The molecule has 1 saturated heterocycles. The number of H-pyrrole nitrogens is 1. The molecule has 1 aromatic heterocycles. The van der Waals surface area contributed by atoms with Crippen LogP contribution in [-0.2, 0) is 6.42 Å². The Balaban J connectivity index is 0.00000231. The van der Waals surface area contributed by atoms with Crippen molar-refractivity contribution in [2.75, 3.05) is 36.0 Å². The molecule has 0 saturated carbocycles. The van der Waals surface area contributed by atoms with Crippen LogP contribution in [0.3, 0.4) is 0 Å². The number of carbonyl (C=O) groups is 2. The molecule has 0 aliphatic carbocycles. The van der Waals surface area contributed by atoms with Crippen LogP contribution in [0.5, 0.6) is 0 Å². The van der Waals surface area contributed by atoms with Crippen LogP contribution >= 0.6 is 12.4 Å². The number of rotatable bonds is 4. The summed E-state index contributed by atoms with van der Waals surface area (Å²) < 4.78 is 13.5. The summed E-state index contributed by atoms with van der Waals surface area (Å²) in [4.78, 5) is 28.9. The van der Waals surface area contributed by atoms with Gasteiger partial charge in [0.05, 0.1) is 16.6 Å². The fourth-order valence-corrected chi connectivity index (χ4v) is 4.50. The Morgan fingerprint density at radius 1 is 1.03 bits per heavy atom. The zero-order chi connectivity index (χ0) is 20.8. The number of nitrogens with zero attached hydrogens (tertiary/aromatic N) is 3. The van der Waals surface area contributed by atoms with Crippen LogP contribution in [0.25, 0.3) is 10.9 Å². The molecule has 3 aromatic rings. The summed E-state index contributed by atoms with van der Waals surface area (Å²) >= 11 is 0. The van der Waals surface area contributed by atoms with Gasteiger partial charge in [0.1, 0.15) is 5.82 Å². The molecule has 2 N–H and O–H groups in total. The van der Waals surface area contributed by atoms with Gasteiger partial charge in [0.25, 0.3) is 11.8 Å². The molecule has 1 fully saturated rings. The zero-order valence-electron chi connectivity index (χ0n) is 17.1. The second-order valence-corrected chi connectivity index (χ2v) is 7.73. The fourth-order valence-electron chi connectivity index (χ4n) is 4.50. The molecular formula is C22H23ClFN5O2. The summed E-state index contributed by atoms with van der Waals surface area (Å²) in [7, 11) is 0. The summed E-state index contributed by atoms with van der Waals surface area (Å²) in [6.07, 6.45) is 1.63. The number of piperazine rings is 1. The van der Waals surface area contributed by atoms with E-state index in [1.807, 2.05) is 6.07 Å². The Bertz CT molecular complexity index is 1170. The van der Waals surface area contributed by atoms with Crippen LogP contribution in [-0.4, -0.2) is 48.2 Å². The Morgan fingerprint density at radius 2 is 1.77 bits per heavy atom. The number of fused-ring (bicyclic) bond motifs is 2. The second kappa shape index (κ2) is 8.19. The van der Waals surface area contributed by atoms with Crippen molar-refractivity contribution in [3.8, 4) is 0 Å². The number of halogens is 2. The van der Waals surface area contributed by atoms with Gasteiger partial charge < -0.3 is 9.80 Å². The highest BCUT2D eigenvalue weighted by Gasteiger charge is 2.32. The predicted octanol–water partition coefficient (Wildman–Crippen LogP) is 3.29. The molecule has 2 aliphatic rings. The first kappa shape index (κ1) is 21.1. The van der Waals surface area contributed by atoms with Crippen molar-refractivity contribution < 1.29 is 14.0 Å². The minimum atomic E-state index is -0.314. The highest BCUT2D eigenvalue weighted by atomic mass is 35.5. The smallest absolute Gasteiger partial charge is 0.259 e. The van der Waals surface area contributed by atoms with Crippen LogP contribution in [0.4, 0.5) is 15.9 Å². The van der Waals surface area contributed by atoms with Gasteiger partial charge in [-0.2, -0.15) is 5.10 Å². The van der Waals surface area contributed by atoms with Gasteiger partial charge in [0, 0.05) is 37.3 Å². The number of imide groups is 1. The monoisotopic (exact) mass is 443 g/mol. The van der Waals surface area contributed by atoms with Crippen molar-refractivity contribution in [3.63, 3.8) is 0 Å². The average Bonchev–Trinajstić information content (AvgIpc) is 3.29. The lowest BCUT2D eigenvalue weighted by atomic mass is 9.96. The third-order valence-corrected chi connectivity index (χ3v) is 5.91. The van der Waals surface area contributed by atoms with Crippen molar-refractivity contribution in [1.29, 1.82) is 0 Å². The van der Waals surface area contributed by atoms with E-state index in [4.69, 9.17) is 0 Å². The highest BCUT2D eigenvalue weighted by Crippen LogP contribution is 2.32. The number of benzene rings is 2. The number of hydrogen-bond donors (Lipinski definition) is 2. The summed E-state index contributed by atoms with van der Waals surface area (Å²) in [5.41, 5.74) is 3.66. The maximum Gasteiger partial charge on any atom is 0.259 e. The molecule has 0 unspecified atom stereocenters. The van der Waals surface area contributed by atoms with E-state index in [2.05, 4.69) is 32.2 Å². The Kier molecular flexibility index (Phi) is 5.58. The first-order valence-corrected chi connectivity index (χ1v) is 10.2. The van der Waals surface area contributed by atoms with Gasteiger partial charge in [-0.3, -0.25) is 20.0 Å². The molecule has 0 spiro atoms. The quantitative estimate of drug-likeness (QED) is 0.605. The third kappa shape index (κ3) is 3.50. The van der Waals surface area contributed by atoms with E-state index < -0.39 is 0 Å². The molecule has 3 heterocycles. The van der Waals surface area contributed by atoms with E-state index in [0.29, 0.717) is 16.6 Å². The van der Waals surface area contributed by atoms with E-state index in [9.17, 15) is 14.0 Å². The van der Waals surface area contributed by atoms with Crippen molar-refractivity contribution in [1.82, 2.24) is 15.5 Å². The Morgan fingerprint density at radius 3 is 2.52 bits per heavy atom. The maximum atomic E-state index is 13.5. The molecular weight excluding hydrogens is 421 g/mol. The van der Waals surface area contributed by atoms with Gasteiger partial charge in [-0.25, -0.2) is 4.39 Å². The zero-order valence-corrected chi connectivity index (χ0v) is 17.9. The largest absolute Gasteiger partial charge is 0.368 e. The van der Waals surface area contributed by atoms with Gasteiger partial charge in [-0.15, -0.1) is 12.4 Å². The van der Waals surface area contributed by atoms with Crippen LogP contribution in [0.2, 0.25) is 0 Å². The molecule has 9 heteroatoms. The van der Waals surface area contributed by atoms with Crippen molar-refractivity contribution >= 4 is 46.6 Å². The van der Waals surface area contributed by atoms with Gasteiger partial charge >= 0.3 is 0 Å². The van der Waals surface area contributed by atoms with E-state index >= 15 is 0 Å². The number of aromatic nitrogens is 2. The summed E-state index contributed by atoms with van der Waals surface area (Å²) in [6.45, 7) is 5.11. The fraction of sp³-hybridized carbons (Fsp3) is 0.318. The predicted molar refractivity (Wildman–Crippen MR) is 120 cm³/mol. The maximum absolute atomic E-state index is 13.5. The van der Waals surface area contributed by atoms with Crippen molar-refractivity contribution in [2.24, 2.45) is 0 Å². The van der Waals surface area contributed by atoms with Crippen molar-refractivity contribution in [3.05, 3.63) is 52.8 Å². The first-order chi connectivity index (χ1) is 14.6. The van der Waals surface area contributed by atoms with Crippen molar-refractivity contribution in [2.45, 2.75) is 19.8 Å². The molecule has 162 valence electrons. The molecule has 7 nitrogen and oxygen atoms in total. The van der Waals surface area contributed by atoms with E-state index in [0.717, 1.165) is 61.5 Å². The molecule has 31 heavy (non-hydrogen) atoms. The van der Waals surface area contributed by atoms with Gasteiger partial charge in [0.15, 0.2) is 5.82 Å². The number of hydrogen-bond acceptors (Lipinski definition) is 5. The molecule has 2 amide bonds. The topological polar surface area (TPSA) is 81.3 Å². The third-order valence-electron chi connectivity index (χ3n) is 5.91. The van der Waals surface area contributed by atoms with Crippen LogP contribution in [0.1, 0.15) is 39.6 Å². The minimum Gasteiger partial charge on any atom is -0.368 e. The SMILES string of the molecule is CCCc1c(N2CCN(c3n[nH]c4cc(F)ccc34)CC2)ccc2c1C(=O)NC2=O.Cl. The normalized spacial score (nSPS) is 15.8. The highest BCUT2D eigenvalue weighted by molar-refractivity contribution is 6.22.